The van der Waals surface area contributed by atoms with Gasteiger partial charge >= 0.3 is 0 Å². The van der Waals surface area contributed by atoms with Crippen LogP contribution in [0.2, 0.25) is 0 Å². The third-order valence-corrected chi connectivity index (χ3v) is 1.60. The topological polar surface area (TPSA) is 55.2 Å². The second-order valence-corrected chi connectivity index (χ2v) is 2.89. The van der Waals surface area contributed by atoms with E-state index in [0.29, 0.717) is 12.4 Å². The average molecular weight is 228 g/mol. The number of ether oxygens (including phenoxy) is 1. The van der Waals surface area contributed by atoms with Gasteiger partial charge in [0.1, 0.15) is 18.1 Å². The Morgan fingerprint density at radius 1 is 1.18 bits per heavy atom. The van der Waals surface area contributed by atoms with E-state index in [0.717, 1.165) is 0 Å². The maximum atomic E-state index is 8.57. The molecule has 0 aromatic carbocycles. The van der Waals surface area contributed by atoms with Crippen LogP contribution in [0.5, 0.6) is 11.5 Å². The van der Waals surface area contributed by atoms with Crippen LogP contribution in [-0.2, 0) is 0 Å². The van der Waals surface area contributed by atoms with Gasteiger partial charge in [-0.3, -0.25) is 9.97 Å². The highest BCUT2D eigenvalue weighted by Crippen LogP contribution is 2.04. The van der Waals surface area contributed by atoms with E-state index in [2.05, 4.69) is 15.9 Å². The van der Waals surface area contributed by atoms with Crippen molar-refractivity contribution in [3.63, 3.8) is 0 Å². The van der Waals surface area contributed by atoms with Crippen LogP contribution < -0.4 is 4.74 Å². The van der Waals surface area contributed by atoms with Gasteiger partial charge in [0.2, 0.25) is 0 Å². The lowest BCUT2D eigenvalue weighted by Gasteiger charge is -1.97. The first-order chi connectivity index (χ1) is 8.33. The van der Waals surface area contributed by atoms with Crippen molar-refractivity contribution < 1.29 is 9.84 Å². The number of aromatic nitrogens is 2. The molecule has 2 aromatic rings. The van der Waals surface area contributed by atoms with Gasteiger partial charge in [0.15, 0.2) is 0 Å². The summed E-state index contributed by atoms with van der Waals surface area (Å²) in [6, 6.07) is 6.86. The predicted octanol–water partition coefficient (Wildman–Crippen LogP) is 1.88. The summed E-state index contributed by atoms with van der Waals surface area (Å²) < 4.78 is 5.06. The normalized spacial score (nSPS) is 8.41. The molecule has 0 saturated heterocycles. The Labute approximate surface area is 99.9 Å². The molecule has 2 heterocycles. The standard InChI is InChI=1S/C8H7NO.C5H5NO/c1-2-6-10-8-4-3-5-9-7-8;7-5-2-1-3-6-4-5/h1,3-5,7H,6H2;1-4,7H. The molecule has 0 aliphatic carbocycles. The third kappa shape index (κ3) is 5.80. The van der Waals surface area contributed by atoms with Crippen LogP contribution in [0.1, 0.15) is 0 Å². The van der Waals surface area contributed by atoms with Crippen LogP contribution in [0, 0.1) is 12.3 Å². The van der Waals surface area contributed by atoms with E-state index in [9.17, 15) is 0 Å². The number of rotatable bonds is 2. The van der Waals surface area contributed by atoms with E-state index in [1.54, 1.807) is 36.8 Å². The zero-order chi connectivity index (χ0) is 12.3. The van der Waals surface area contributed by atoms with E-state index >= 15 is 0 Å². The van der Waals surface area contributed by atoms with Gasteiger partial charge in [-0.15, -0.1) is 6.42 Å². The van der Waals surface area contributed by atoms with Crippen LogP contribution in [0.15, 0.2) is 49.1 Å². The van der Waals surface area contributed by atoms with Crippen molar-refractivity contribution in [3.8, 4) is 23.8 Å². The number of pyridine rings is 2. The highest BCUT2D eigenvalue weighted by atomic mass is 16.5. The monoisotopic (exact) mass is 228 g/mol. The number of hydrogen-bond donors (Lipinski definition) is 1. The van der Waals surface area contributed by atoms with Gasteiger partial charge in [0.25, 0.3) is 0 Å². The maximum Gasteiger partial charge on any atom is 0.148 e. The lowest BCUT2D eigenvalue weighted by Crippen LogP contribution is -1.92. The van der Waals surface area contributed by atoms with Gasteiger partial charge < -0.3 is 9.84 Å². The van der Waals surface area contributed by atoms with Crippen LogP contribution in [0.4, 0.5) is 0 Å². The second kappa shape index (κ2) is 7.71. The molecule has 0 fully saturated rings. The molecule has 4 heteroatoms. The largest absolute Gasteiger partial charge is 0.506 e. The zero-order valence-electron chi connectivity index (χ0n) is 9.15. The smallest absolute Gasteiger partial charge is 0.148 e. The number of nitrogens with zero attached hydrogens (tertiary/aromatic N) is 2. The summed E-state index contributed by atoms with van der Waals surface area (Å²) >= 11 is 0. The van der Waals surface area contributed by atoms with Crippen molar-refractivity contribution in [2.45, 2.75) is 0 Å². The highest BCUT2D eigenvalue weighted by Gasteiger charge is 1.86. The first-order valence-corrected chi connectivity index (χ1v) is 4.88. The number of aromatic hydroxyl groups is 1. The Bertz CT molecular complexity index is 452. The molecule has 2 aromatic heterocycles. The molecule has 4 nitrogen and oxygen atoms in total. The lowest BCUT2D eigenvalue weighted by atomic mass is 10.5. The van der Waals surface area contributed by atoms with Gasteiger partial charge in [-0.1, -0.05) is 5.92 Å². The molecule has 0 bridgehead atoms. The van der Waals surface area contributed by atoms with E-state index in [1.807, 2.05) is 6.07 Å². The molecule has 0 aliphatic heterocycles. The Hall–Kier alpha value is -2.54. The predicted molar refractivity (Wildman–Crippen MR) is 64.5 cm³/mol. The molecule has 0 amide bonds. The molecule has 0 saturated carbocycles. The summed E-state index contributed by atoms with van der Waals surface area (Å²) in [4.78, 5) is 7.48. The van der Waals surface area contributed by atoms with E-state index in [-0.39, 0.29) is 5.75 Å². The fourth-order valence-electron chi connectivity index (χ4n) is 0.911. The first kappa shape index (κ1) is 12.5. The van der Waals surface area contributed by atoms with Gasteiger partial charge in [0, 0.05) is 12.4 Å². The van der Waals surface area contributed by atoms with E-state index < -0.39 is 0 Å². The molecule has 0 radical (unpaired) electrons. The van der Waals surface area contributed by atoms with Gasteiger partial charge in [-0.2, -0.15) is 0 Å². The van der Waals surface area contributed by atoms with Crippen molar-refractivity contribution in [2.75, 3.05) is 6.61 Å². The summed E-state index contributed by atoms with van der Waals surface area (Å²) in [6.07, 6.45) is 11.3. The molecule has 0 aliphatic rings. The lowest BCUT2D eigenvalue weighted by molar-refractivity contribution is 0.369. The maximum absolute atomic E-state index is 8.57. The molecule has 0 unspecified atom stereocenters. The van der Waals surface area contributed by atoms with Gasteiger partial charge in [-0.25, -0.2) is 0 Å². The van der Waals surface area contributed by atoms with Crippen LogP contribution in [0.25, 0.3) is 0 Å². The number of hydrogen-bond acceptors (Lipinski definition) is 4. The molecular weight excluding hydrogens is 216 g/mol. The van der Waals surface area contributed by atoms with Crippen molar-refractivity contribution in [3.05, 3.63) is 49.1 Å². The van der Waals surface area contributed by atoms with Crippen molar-refractivity contribution in [1.29, 1.82) is 0 Å². The fourth-order valence-corrected chi connectivity index (χ4v) is 0.911. The zero-order valence-corrected chi connectivity index (χ0v) is 9.15. The van der Waals surface area contributed by atoms with Crippen molar-refractivity contribution >= 4 is 0 Å². The highest BCUT2D eigenvalue weighted by molar-refractivity contribution is 5.16. The van der Waals surface area contributed by atoms with Crippen LogP contribution in [-0.4, -0.2) is 21.7 Å². The minimum Gasteiger partial charge on any atom is -0.506 e. The summed E-state index contributed by atoms with van der Waals surface area (Å²) in [5.74, 6) is 3.29. The first-order valence-electron chi connectivity index (χ1n) is 4.88. The van der Waals surface area contributed by atoms with E-state index in [4.69, 9.17) is 16.3 Å². The molecule has 2 rings (SSSR count). The SMILES string of the molecule is C#CCOc1cccnc1.Oc1cccnc1. The van der Waals surface area contributed by atoms with E-state index in [1.165, 1.54) is 6.20 Å². The summed E-state index contributed by atoms with van der Waals surface area (Å²) in [7, 11) is 0. The van der Waals surface area contributed by atoms with Crippen LogP contribution >= 0.6 is 0 Å². The van der Waals surface area contributed by atoms with Crippen molar-refractivity contribution in [2.24, 2.45) is 0 Å². The molecule has 0 atom stereocenters. The van der Waals surface area contributed by atoms with Crippen molar-refractivity contribution in [1.82, 2.24) is 9.97 Å². The minimum atomic E-state index is 0.211. The quantitative estimate of drug-likeness (QED) is 0.797. The Balaban J connectivity index is 0.000000181. The Kier molecular flexibility index (Phi) is 5.68. The van der Waals surface area contributed by atoms with Crippen LogP contribution in [0.3, 0.4) is 0 Å². The Morgan fingerprint density at radius 3 is 2.29 bits per heavy atom. The van der Waals surface area contributed by atoms with Gasteiger partial charge in [0.05, 0.1) is 12.4 Å². The second-order valence-electron chi connectivity index (χ2n) is 2.89. The molecule has 86 valence electrons. The molecule has 0 spiro atoms. The Morgan fingerprint density at radius 2 is 1.88 bits per heavy atom. The van der Waals surface area contributed by atoms with Gasteiger partial charge in [-0.05, 0) is 24.3 Å². The molecule has 17 heavy (non-hydrogen) atoms. The summed E-state index contributed by atoms with van der Waals surface area (Å²) in [5.41, 5.74) is 0. The third-order valence-electron chi connectivity index (χ3n) is 1.60. The molecular formula is C13H12N2O2. The molecule has 1 N–H and O–H groups in total. The summed E-state index contributed by atoms with van der Waals surface area (Å²) in [5, 5.41) is 8.57. The number of terminal acetylenes is 1. The fraction of sp³-hybridized carbons (Fsp3) is 0.0769. The minimum absolute atomic E-state index is 0.211. The average Bonchev–Trinajstić information content (AvgIpc) is 2.39. The summed E-state index contributed by atoms with van der Waals surface area (Å²) in [6.45, 7) is 0.297.